The molecule has 0 bridgehead atoms. The third-order valence-corrected chi connectivity index (χ3v) is 9.02. The average Bonchev–Trinajstić information content (AvgIpc) is 3.00. The first-order valence-electron chi connectivity index (χ1n) is 19.3. The van der Waals surface area contributed by atoms with Crippen LogP contribution in [0.4, 0.5) is 0 Å². The maximum Gasteiger partial charge on any atom is 0.306 e. The number of unbranched alkanes of at least 4 members (excludes halogenated alkanes) is 19. The fraction of sp³-hybridized carbons (Fsp3) is 0.974. The normalized spacial score (nSPS) is 11.8. The first-order chi connectivity index (χ1) is 21.1. The third-order valence-electron chi connectivity index (χ3n) is 9.02. The van der Waals surface area contributed by atoms with Crippen molar-refractivity contribution in [3.8, 4) is 0 Å². The third kappa shape index (κ3) is 31.1. The molecule has 5 nitrogen and oxygen atoms in total. The highest BCUT2D eigenvalue weighted by molar-refractivity contribution is 5.69. The summed E-state index contributed by atoms with van der Waals surface area (Å²) >= 11 is 0. The largest absolute Gasteiger partial charge is 0.462 e. The number of aliphatic hydroxyl groups is 1. The molecule has 0 aliphatic carbocycles. The Labute approximate surface area is 270 Å². The number of carbonyl (C=O) groups is 1. The minimum Gasteiger partial charge on any atom is -0.462 e. The Morgan fingerprint density at radius 1 is 0.535 bits per heavy atom. The number of nitrogens with zero attached hydrogens (tertiary/aromatic N) is 2. The van der Waals surface area contributed by atoms with E-state index in [1.807, 2.05) is 0 Å². The fourth-order valence-electron chi connectivity index (χ4n) is 5.99. The molecule has 0 fully saturated rings. The van der Waals surface area contributed by atoms with Gasteiger partial charge in [0, 0.05) is 26.1 Å². The van der Waals surface area contributed by atoms with Crippen molar-refractivity contribution in [1.29, 1.82) is 0 Å². The van der Waals surface area contributed by atoms with Gasteiger partial charge in [0.1, 0.15) is 6.10 Å². The molecule has 0 spiro atoms. The monoisotopic (exact) mass is 611 g/mol. The van der Waals surface area contributed by atoms with Crippen LogP contribution in [0.25, 0.3) is 0 Å². The van der Waals surface area contributed by atoms with E-state index in [0.717, 1.165) is 45.3 Å². The van der Waals surface area contributed by atoms with E-state index in [4.69, 9.17) is 4.74 Å². The number of ether oxygens (including phenoxy) is 1. The van der Waals surface area contributed by atoms with Crippen LogP contribution in [-0.2, 0) is 9.53 Å². The second kappa shape index (κ2) is 34.2. The van der Waals surface area contributed by atoms with Gasteiger partial charge >= 0.3 is 5.97 Å². The van der Waals surface area contributed by atoms with Crippen LogP contribution < -0.4 is 0 Å². The molecule has 258 valence electrons. The number of hydrogen-bond acceptors (Lipinski definition) is 5. The summed E-state index contributed by atoms with van der Waals surface area (Å²) in [6, 6.07) is 0. The smallest absolute Gasteiger partial charge is 0.306 e. The molecule has 0 unspecified atom stereocenters. The molecule has 5 heteroatoms. The van der Waals surface area contributed by atoms with Gasteiger partial charge < -0.3 is 19.6 Å². The van der Waals surface area contributed by atoms with E-state index in [1.165, 1.54) is 148 Å². The molecule has 43 heavy (non-hydrogen) atoms. The lowest BCUT2D eigenvalue weighted by Gasteiger charge is -2.25. The second-order valence-corrected chi connectivity index (χ2v) is 13.4. The zero-order valence-corrected chi connectivity index (χ0v) is 29.9. The molecule has 0 saturated carbocycles. The van der Waals surface area contributed by atoms with Crippen molar-refractivity contribution in [2.45, 2.75) is 194 Å². The predicted molar refractivity (Wildman–Crippen MR) is 188 cm³/mol. The van der Waals surface area contributed by atoms with Crippen LogP contribution in [0, 0.1) is 0 Å². The summed E-state index contributed by atoms with van der Waals surface area (Å²) in [5.41, 5.74) is 0. The Kier molecular flexibility index (Phi) is 33.7. The highest BCUT2D eigenvalue weighted by atomic mass is 16.5. The molecule has 1 N–H and O–H groups in total. The van der Waals surface area contributed by atoms with Gasteiger partial charge in [-0.25, -0.2) is 0 Å². The number of rotatable bonds is 35. The summed E-state index contributed by atoms with van der Waals surface area (Å²) in [6.45, 7) is 12.3. The predicted octanol–water partition coefficient (Wildman–Crippen LogP) is 10.3. The zero-order chi connectivity index (χ0) is 31.6. The van der Waals surface area contributed by atoms with Crippen LogP contribution in [0.3, 0.4) is 0 Å². The fourth-order valence-corrected chi connectivity index (χ4v) is 5.99. The molecule has 0 atom stereocenters. The van der Waals surface area contributed by atoms with Crippen molar-refractivity contribution in [3.05, 3.63) is 0 Å². The number of likely N-dealkylation sites (N-methyl/N-ethyl adjacent to an activating group) is 1. The molecular weight excluding hydrogens is 532 g/mol. The van der Waals surface area contributed by atoms with E-state index in [2.05, 4.69) is 37.6 Å². The van der Waals surface area contributed by atoms with Crippen LogP contribution >= 0.6 is 0 Å². The van der Waals surface area contributed by atoms with Gasteiger partial charge in [-0.2, -0.15) is 0 Å². The van der Waals surface area contributed by atoms with Crippen LogP contribution in [0.1, 0.15) is 188 Å². The van der Waals surface area contributed by atoms with Crippen LogP contribution in [0.2, 0.25) is 0 Å². The summed E-state index contributed by atoms with van der Waals surface area (Å²) < 4.78 is 6.03. The summed E-state index contributed by atoms with van der Waals surface area (Å²) in [5.74, 6) is 0.0408. The standard InChI is InChI=1S/C38H78N2O3/c1-5-8-11-14-18-23-28-37(29-24-19-15-12-9-6-2)43-38(42)30-25-20-17-22-27-32-40(34-33-39(4)35-36-41)31-26-21-16-13-10-7-3/h37,41H,5-36H2,1-4H3. The van der Waals surface area contributed by atoms with Crippen molar-refractivity contribution in [1.82, 2.24) is 9.80 Å². The molecule has 0 saturated heterocycles. The van der Waals surface area contributed by atoms with Crippen molar-refractivity contribution in [2.75, 3.05) is 46.4 Å². The minimum absolute atomic E-state index is 0.0408. The van der Waals surface area contributed by atoms with Crippen molar-refractivity contribution >= 4 is 5.97 Å². The lowest BCUT2D eigenvalue weighted by atomic mass is 10.0. The van der Waals surface area contributed by atoms with Gasteiger partial charge in [-0.15, -0.1) is 0 Å². The van der Waals surface area contributed by atoms with Crippen molar-refractivity contribution in [3.63, 3.8) is 0 Å². The highest BCUT2D eigenvalue weighted by Gasteiger charge is 2.14. The Morgan fingerprint density at radius 3 is 1.42 bits per heavy atom. The summed E-state index contributed by atoms with van der Waals surface area (Å²) in [5, 5.41) is 9.22. The number of carbonyl (C=O) groups excluding carboxylic acids is 1. The Balaban J connectivity index is 4.25. The molecule has 0 aromatic heterocycles. The maximum atomic E-state index is 12.7. The van der Waals surface area contributed by atoms with E-state index < -0.39 is 0 Å². The van der Waals surface area contributed by atoms with Gasteiger partial charge in [0.2, 0.25) is 0 Å². The van der Waals surface area contributed by atoms with Gasteiger partial charge in [-0.1, -0.05) is 136 Å². The van der Waals surface area contributed by atoms with Gasteiger partial charge in [0.15, 0.2) is 0 Å². The minimum atomic E-state index is 0.0408. The molecule has 0 aromatic carbocycles. The first-order valence-corrected chi connectivity index (χ1v) is 19.3. The topological polar surface area (TPSA) is 53.0 Å². The van der Waals surface area contributed by atoms with Gasteiger partial charge in [0.05, 0.1) is 6.61 Å². The summed E-state index contributed by atoms with van der Waals surface area (Å²) in [4.78, 5) is 17.6. The van der Waals surface area contributed by atoms with Crippen LogP contribution in [0.5, 0.6) is 0 Å². The Morgan fingerprint density at radius 2 is 0.953 bits per heavy atom. The molecule has 0 aliphatic rings. The molecule has 0 aromatic rings. The SMILES string of the molecule is CCCCCCCCC(CCCCCCCC)OC(=O)CCCCCCCN(CCCCCCCC)CCN(C)CCO. The number of aliphatic hydroxyl groups excluding tert-OH is 1. The Bertz CT molecular complexity index is 543. The van der Waals surface area contributed by atoms with Crippen molar-refractivity contribution < 1.29 is 14.6 Å². The van der Waals surface area contributed by atoms with Gasteiger partial charge in [-0.05, 0) is 65.1 Å². The van der Waals surface area contributed by atoms with E-state index >= 15 is 0 Å². The quantitative estimate of drug-likeness (QED) is 0.0571. The summed E-state index contributed by atoms with van der Waals surface area (Å²) in [6.07, 6.45) is 32.2. The maximum absolute atomic E-state index is 12.7. The molecule has 0 heterocycles. The van der Waals surface area contributed by atoms with E-state index in [0.29, 0.717) is 6.42 Å². The summed E-state index contributed by atoms with van der Waals surface area (Å²) in [7, 11) is 2.11. The zero-order valence-electron chi connectivity index (χ0n) is 29.9. The first kappa shape index (κ1) is 42.3. The van der Waals surface area contributed by atoms with E-state index in [1.54, 1.807) is 0 Å². The number of hydrogen-bond donors (Lipinski definition) is 1. The van der Waals surface area contributed by atoms with E-state index in [9.17, 15) is 9.90 Å². The molecule has 0 radical (unpaired) electrons. The van der Waals surface area contributed by atoms with E-state index in [-0.39, 0.29) is 18.7 Å². The molecule has 0 rings (SSSR count). The number of esters is 1. The van der Waals surface area contributed by atoms with Gasteiger partial charge in [-0.3, -0.25) is 4.79 Å². The second-order valence-electron chi connectivity index (χ2n) is 13.4. The average molecular weight is 611 g/mol. The van der Waals surface area contributed by atoms with Crippen molar-refractivity contribution in [2.24, 2.45) is 0 Å². The Hall–Kier alpha value is -0.650. The molecule has 0 amide bonds. The lowest BCUT2D eigenvalue weighted by molar-refractivity contribution is -0.150. The molecular formula is C38H78N2O3. The van der Waals surface area contributed by atoms with Crippen LogP contribution in [-0.4, -0.2) is 73.4 Å². The highest BCUT2D eigenvalue weighted by Crippen LogP contribution is 2.18. The lowest BCUT2D eigenvalue weighted by Crippen LogP contribution is -2.35. The van der Waals surface area contributed by atoms with Gasteiger partial charge in [0.25, 0.3) is 0 Å². The van der Waals surface area contributed by atoms with Crippen LogP contribution in [0.15, 0.2) is 0 Å². The molecule has 0 aliphatic heterocycles.